The average Bonchev–Trinajstić information content (AvgIpc) is 2.88. The molecule has 5 heteroatoms. The summed E-state index contributed by atoms with van der Waals surface area (Å²) in [4.78, 5) is 16.1. The summed E-state index contributed by atoms with van der Waals surface area (Å²) in [5, 5.41) is 18.1. The predicted molar refractivity (Wildman–Crippen MR) is 89.4 cm³/mol. The number of nitrogens with zero attached hydrogens (tertiary/aromatic N) is 1. The fourth-order valence-electron chi connectivity index (χ4n) is 3.08. The molecule has 1 aliphatic rings. The van der Waals surface area contributed by atoms with Gasteiger partial charge in [-0.15, -0.1) is 11.3 Å². The van der Waals surface area contributed by atoms with Crippen molar-refractivity contribution < 1.29 is 15.0 Å². The first-order valence-electron chi connectivity index (χ1n) is 7.99. The third-order valence-corrected chi connectivity index (χ3v) is 5.77. The molecular formula is C17H27NO3S. The summed E-state index contributed by atoms with van der Waals surface area (Å²) in [7, 11) is 0. The van der Waals surface area contributed by atoms with Crippen molar-refractivity contribution in [1.29, 1.82) is 0 Å². The topological polar surface area (TPSA) is 60.8 Å². The summed E-state index contributed by atoms with van der Waals surface area (Å²) in [6.45, 7) is 7.23. The minimum absolute atomic E-state index is 0.0743. The van der Waals surface area contributed by atoms with E-state index in [1.165, 1.54) is 21.8 Å². The van der Waals surface area contributed by atoms with Crippen molar-refractivity contribution >= 4 is 17.2 Å². The van der Waals surface area contributed by atoms with Gasteiger partial charge >= 0.3 is 0 Å². The van der Waals surface area contributed by atoms with Crippen molar-refractivity contribution in [2.75, 3.05) is 26.3 Å². The quantitative estimate of drug-likeness (QED) is 0.873. The van der Waals surface area contributed by atoms with Crippen molar-refractivity contribution in [2.24, 2.45) is 11.3 Å². The standard InChI is InChI=1S/C17H27NO3S/c1-17(2,3)13-4-5-14-12(10-13)11-15(22-14)16(21)18(6-8-19)7-9-20/h11,13,19-20H,4-10H2,1-3H3. The van der Waals surface area contributed by atoms with Gasteiger partial charge in [-0.25, -0.2) is 0 Å². The molecule has 1 amide bonds. The number of aryl methyl sites for hydroxylation is 1. The molecule has 4 nitrogen and oxygen atoms in total. The molecule has 0 fully saturated rings. The summed E-state index contributed by atoms with van der Waals surface area (Å²) in [5.41, 5.74) is 1.61. The molecular weight excluding hydrogens is 298 g/mol. The third-order valence-electron chi connectivity index (χ3n) is 4.55. The van der Waals surface area contributed by atoms with Gasteiger partial charge in [0, 0.05) is 18.0 Å². The molecule has 0 aliphatic heterocycles. The van der Waals surface area contributed by atoms with Crippen LogP contribution in [0.4, 0.5) is 0 Å². The summed E-state index contributed by atoms with van der Waals surface area (Å²) in [5.74, 6) is 0.582. The zero-order valence-corrected chi connectivity index (χ0v) is 14.6. The van der Waals surface area contributed by atoms with Crippen LogP contribution in [0.15, 0.2) is 6.07 Å². The fraction of sp³-hybridized carbons (Fsp3) is 0.706. The Balaban J connectivity index is 2.15. The van der Waals surface area contributed by atoms with Gasteiger partial charge in [-0.05, 0) is 42.2 Å². The smallest absolute Gasteiger partial charge is 0.264 e. The summed E-state index contributed by atoms with van der Waals surface area (Å²) >= 11 is 1.58. The average molecular weight is 325 g/mol. The van der Waals surface area contributed by atoms with Crippen molar-refractivity contribution in [3.8, 4) is 0 Å². The Kier molecular flexibility index (Phi) is 5.64. The van der Waals surface area contributed by atoms with E-state index >= 15 is 0 Å². The molecule has 1 heterocycles. The first-order valence-corrected chi connectivity index (χ1v) is 8.81. The molecule has 2 N–H and O–H groups in total. The SMILES string of the molecule is CC(C)(C)C1CCc2sc(C(=O)N(CCO)CCO)cc2C1. The highest BCUT2D eigenvalue weighted by atomic mass is 32.1. The summed E-state index contributed by atoms with van der Waals surface area (Å²) in [6.07, 6.45) is 3.28. The minimum atomic E-state index is -0.0804. The van der Waals surface area contributed by atoms with Gasteiger partial charge in [0.1, 0.15) is 0 Å². The van der Waals surface area contributed by atoms with Crippen LogP contribution in [0.2, 0.25) is 0 Å². The van der Waals surface area contributed by atoms with E-state index < -0.39 is 0 Å². The lowest BCUT2D eigenvalue weighted by molar-refractivity contribution is 0.0689. The van der Waals surface area contributed by atoms with Crippen LogP contribution in [0.25, 0.3) is 0 Å². The Hall–Kier alpha value is -0.910. The van der Waals surface area contributed by atoms with Crippen LogP contribution in [0.3, 0.4) is 0 Å². The van der Waals surface area contributed by atoms with Gasteiger partial charge < -0.3 is 15.1 Å². The maximum Gasteiger partial charge on any atom is 0.264 e. The first kappa shape index (κ1) is 17.4. The lowest BCUT2D eigenvalue weighted by atomic mass is 9.72. The summed E-state index contributed by atoms with van der Waals surface area (Å²) < 4.78 is 0. The second-order valence-corrected chi connectivity index (χ2v) is 8.24. The molecule has 1 aromatic heterocycles. The van der Waals surface area contributed by atoms with E-state index in [4.69, 9.17) is 10.2 Å². The van der Waals surface area contributed by atoms with E-state index in [9.17, 15) is 4.79 Å². The normalized spacial score (nSPS) is 18.1. The Morgan fingerprint density at radius 1 is 1.32 bits per heavy atom. The second-order valence-electron chi connectivity index (χ2n) is 7.10. The molecule has 0 saturated carbocycles. The molecule has 22 heavy (non-hydrogen) atoms. The van der Waals surface area contributed by atoms with Crippen molar-refractivity contribution in [1.82, 2.24) is 4.90 Å². The number of thiophene rings is 1. The molecule has 1 aliphatic carbocycles. The summed E-state index contributed by atoms with van der Waals surface area (Å²) in [6, 6.07) is 2.03. The Bertz CT molecular complexity index is 512. The van der Waals surface area contributed by atoms with Gasteiger partial charge in [0.25, 0.3) is 5.91 Å². The molecule has 1 aromatic rings. The van der Waals surface area contributed by atoms with Crippen LogP contribution in [0.1, 0.15) is 47.3 Å². The predicted octanol–water partition coefficient (Wildman–Crippen LogP) is 2.33. The van der Waals surface area contributed by atoms with Crippen LogP contribution in [0.5, 0.6) is 0 Å². The zero-order chi connectivity index (χ0) is 16.3. The van der Waals surface area contributed by atoms with E-state index in [0.29, 0.717) is 11.3 Å². The number of carbonyl (C=O) groups excluding carboxylic acids is 1. The maximum atomic E-state index is 12.5. The zero-order valence-electron chi connectivity index (χ0n) is 13.8. The molecule has 0 radical (unpaired) electrons. The van der Waals surface area contributed by atoms with Crippen LogP contribution >= 0.6 is 11.3 Å². The number of carbonyl (C=O) groups is 1. The van der Waals surface area contributed by atoms with Crippen molar-refractivity contribution in [3.05, 3.63) is 21.4 Å². The van der Waals surface area contributed by atoms with Gasteiger partial charge in [0.2, 0.25) is 0 Å². The number of amides is 1. The molecule has 1 atom stereocenters. The molecule has 0 spiro atoms. The molecule has 0 saturated heterocycles. The van der Waals surface area contributed by atoms with Crippen LogP contribution < -0.4 is 0 Å². The molecule has 1 unspecified atom stereocenters. The largest absolute Gasteiger partial charge is 0.395 e. The van der Waals surface area contributed by atoms with E-state index in [0.717, 1.165) is 17.7 Å². The van der Waals surface area contributed by atoms with E-state index in [2.05, 4.69) is 20.8 Å². The highest BCUT2D eigenvalue weighted by molar-refractivity contribution is 7.14. The van der Waals surface area contributed by atoms with E-state index in [-0.39, 0.29) is 32.2 Å². The highest BCUT2D eigenvalue weighted by Crippen LogP contribution is 2.40. The number of aliphatic hydroxyl groups is 2. The lowest BCUT2D eigenvalue weighted by Crippen LogP contribution is -2.35. The third kappa shape index (κ3) is 3.89. The van der Waals surface area contributed by atoms with Gasteiger partial charge in [0.15, 0.2) is 0 Å². The maximum absolute atomic E-state index is 12.5. The van der Waals surface area contributed by atoms with Gasteiger partial charge in [-0.1, -0.05) is 20.8 Å². The first-order chi connectivity index (χ1) is 10.4. The van der Waals surface area contributed by atoms with Gasteiger partial charge in [0.05, 0.1) is 18.1 Å². The number of fused-ring (bicyclic) bond motifs is 1. The molecule has 2 rings (SSSR count). The van der Waals surface area contributed by atoms with Crippen molar-refractivity contribution in [2.45, 2.75) is 40.0 Å². The van der Waals surface area contributed by atoms with Gasteiger partial charge in [-0.2, -0.15) is 0 Å². The Morgan fingerprint density at radius 2 is 1.95 bits per heavy atom. The Labute approximate surface area is 136 Å². The highest BCUT2D eigenvalue weighted by Gasteiger charge is 2.31. The van der Waals surface area contributed by atoms with Crippen LogP contribution in [0, 0.1) is 11.3 Å². The van der Waals surface area contributed by atoms with E-state index in [1.807, 2.05) is 6.07 Å². The van der Waals surface area contributed by atoms with Gasteiger partial charge in [-0.3, -0.25) is 4.79 Å². The molecule has 0 bridgehead atoms. The van der Waals surface area contributed by atoms with E-state index in [1.54, 1.807) is 11.3 Å². The molecule has 0 aromatic carbocycles. The van der Waals surface area contributed by atoms with Crippen molar-refractivity contribution in [3.63, 3.8) is 0 Å². The fourth-order valence-corrected chi connectivity index (χ4v) is 4.26. The van der Waals surface area contributed by atoms with Crippen LogP contribution in [-0.4, -0.2) is 47.3 Å². The number of hydrogen-bond acceptors (Lipinski definition) is 4. The van der Waals surface area contributed by atoms with Crippen LogP contribution in [-0.2, 0) is 12.8 Å². The Morgan fingerprint density at radius 3 is 2.50 bits per heavy atom. The molecule has 124 valence electrons. The lowest BCUT2D eigenvalue weighted by Gasteiger charge is -2.33. The number of hydrogen-bond donors (Lipinski definition) is 2. The minimum Gasteiger partial charge on any atom is -0.395 e. The number of rotatable bonds is 5. The number of aliphatic hydroxyl groups excluding tert-OH is 2. The monoisotopic (exact) mass is 325 g/mol. The second kappa shape index (κ2) is 7.11.